The van der Waals surface area contributed by atoms with Crippen LogP contribution in [-0.2, 0) is 67.0 Å². The lowest BCUT2D eigenvalue weighted by Crippen LogP contribution is -2.43. The first-order chi connectivity index (χ1) is 47.6. The number of aliphatic carboxylic acids is 1. The van der Waals surface area contributed by atoms with Crippen molar-refractivity contribution < 1.29 is 69.7 Å². The number of likely N-dealkylation sites (tertiary alicyclic amines) is 2. The van der Waals surface area contributed by atoms with Crippen molar-refractivity contribution in [3.05, 3.63) is 183 Å². The van der Waals surface area contributed by atoms with E-state index in [-0.39, 0.29) is 53.4 Å². The number of ether oxygens (including phenoxy) is 4. The second-order valence-corrected chi connectivity index (χ2v) is 33.0. The highest BCUT2D eigenvalue weighted by atomic mass is 35.7. The molecule has 103 heavy (non-hydrogen) atoms. The lowest BCUT2D eigenvalue weighted by Gasteiger charge is -2.28. The number of anilines is 1. The van der Waals surface area contributed by atoms with Gasteiger partial charge in [0.15, 0.2) is 17.3 Å². The molecular weight excluding hydrogens is 1370 g/mol. The van der Waals surface area contributed by atoms with Gasteiger partial charge in [-0.3, -0.25) is 24.2 Å². The summed E-state index contributed by atoms with van der Waals surface area (Å²) >= 11 is 0. The van der Waals surface area contributed by atoms with Gasteiger partial charge in [-0.15, -0.1) is 0 Å². The number of carboxylic acids is 1. The number of Topliss-reactive ketones (excluding diaryl/α,β-unsaturated/α-hetero) is 3. The summed E-state index contributed by atoms with van der Waals surface area (Å²) < 4.78 is 69.4. The Hall–Kier alpha value is -8.15. The van der Waals surface area contributed by atoms with Crippen LogP contribution in [0.4, 0.5) is 15.3 Å². The number of carboxylic acid groups (broad SMARTS) is 1. The molecule has 4 saturated heterocycles. The van der Waals surface area contributed by atoms with Gasteiger partial charge in [-0.1, -0.05) is 101 Å². The van der Waals surface area contributed by atoms with Crippen molar-refractivity contribution in [2.24, 2.45) is 0 Å². The number of ketones is 3. The Balaban J connectivity index is 0.000000270. The zero-order chi connectivity index (χ0) is 76.0. The van der Waals surface area contributed by atoms with Crippen LogP contribution < -0.4 is 20.5 Å². The van der Waals surface area contributed by atoms with E-state index in [0.29, 0.717) is 69.0 Å². The average molecular weight is 1480 g/mol. The van der Waals surface area contributed by atoms with Crippen molar-refractivity contribution in [3.8, 4) is 11.5 Å². The molecule has 0 spiro atoms. The molecule has 4 N–H and O–H groups in total. The number of carbonyl (C=O) groups excluding carboxylic acids is 5. The van der Waals surface area contributed by atoms with Gasteiger partial charge in [-0.25, -0.2) is 31.2 Å². The molecule has 4 aliphatic rings. The summed E-state index contributed by atoms with van der Waals surface area (Å²) in [6.07, 6.45) is 6.47. The summed E-state index contributed by atoms with van der Waals surface area (Å²) in [5.41, 5.74) is 17.8. The number of carbonyl (C=O) groups is 6. The molecule has 0 bridgehead atoms. The standard InChI is InChI=1S/C21H25NO4S.C19H27NO3.C14H19NO.C10H17NO4.C8H11N.C7H7ClO3S.CH4/c1-15-11-16(2)13-17(12-15)14-21(23)20-5-4-10-22(20)27(24,25)19-8-6-18(26-3)7-9-19;1-13-9-14(2)11-15(10-13)12-17(21)16-7-6-8-20(16)18(22)23-19(3,4)5;1-10-6-11(2)8-12(7-10)9-14(16)13-4-3-5-15-13;1-10(2,3)15-9(14)11-6-4-5-7(11)8(12)13;1-6-3-7(2)5-8(9)4-6;1-11-6-2-4-7(5-3-6)12(8,9)10;/h6-9,11-13,20H,4-5,10,14H2,1-3H3;9-11,16H,6-8,12H2,1-5H3;6-8,13,15H,3-5,9H2,1-2H3;7H,4-6H2,1-3H3,(H,12,13);3-5H,9H2,1-2H3;2-5H,1H3;1H4/t20-;16-;13-;7-;;;/m0000.../s1. The molecule has 0 aromatic heterocycles. The van der Waals surface area contributed by atoms with E-state index in [1.807, 2.05) is 98.7 Å². The van der Waals surface area contributed by atoms with Crippen LogP contribution in [0.25, 0.3) is 0 Å². The summed E-state index contributed by atoms with van der Waals surface area (Å²) in [6.45, 7) is 29.5. The quantitative estimate of drug-likeness (QED) is 0.0636. The maximum atomic E-state index is 13.0. The van der Waals surface area contributed by atoms with Crippen LogP contribution in [0.5, 0.6) is 11.5 Å². The van der Waals surface area contributed by atoms with Gasteiger partial charge < -0.3 is 35.1 Å². The summed E-state index contributed by atoms with van der Waals surface area (Å²) in [6, 6.07) is 35.2. The van der Waals surface area contributed by atoms with Crippen LogP contribution in [0, 0.1) is 55.4 Å². The van der Waals surface area contributed by atoms with Gasteiger partial charge in [0.25, 0.3) is 9.05 Å². The number of amides is 2. The average Bonchev–Trinajstić information content (AvgIpc) is 1.72. The molecule has 4 fully saturated rings. The van der Waals surface area contributed by atoms with Crippen molar-refractivity contribution in [1.82, 2.24) is 19.4 Å². The molecule has 2 amide bonds. The molecule has 6 aromatic carbocycles. The van der Waals surface area contributed by atoms with Crippen LogP contribution in [-0.4, -0.2) is 147 Å². The van der Waals surface area contributed by atoms with Crippen molar-refractivity contribution >= 4 is 70.9 Å². The first-order valence-corrected chi connectivity index (χ1v) is 38.2. The number of nitrogen functional groups attached to an aromatic ring is 1. The van der Waals surface area contributed by atoms with Gasteiger partial charge in [-0.05, 0) is 243 Å². The number of nitrogens with one attached hydrogen (secondary N) is 1. The number of aryl methyl sites for hydroxylation is 8. The van der Waals surface area contributed by atoms with E-state index < -0.39 is 54.4 Å². The van der Waals surface area contributed by atoms with Crippen molar-refractivity contribution in [2.75, 3.05) is 46.1 Å². The molecule has 6 aromatic rings. The third-order valence-electron chi connectivity index (χ3n) is 16.7. The Kier molecular flexibility index (Phi) is 33.6. The summed E-state index contributed by atoms with van der Waals surface area (Å²) in [5.74, 6) is 0.616. The Morgan fingerprint density at radius 1 is 0.485 bits per heavy atom. The highest BCUT2D eigenvalue weighted by Gasteiger charge is 2.40. The van der Waals surface area contributed by atoms with Gasteiger partial charge in [-0.2, -0.15) is 4.31 Å². The predicted molar refractivity (Wildman–Crippen MR) is 407 cm³/mol. The summed E-state index contributed by atoms with van der Waals surface area (Å²) in [7, 11) is 0.802. The molecule has 0 aliphatic carbocycles. The number of nitrogens with zero attached hydrogens (tertiary/aromatic N) is 3. The minimum atomic E-state index is -3.71. The molecule has 10 rings (SSSR count). The van der Waals surface area contributed by atoms with Crippen molar-refractivity contribution in [1.29, 1.82) is 0 Å². The van der Waals surface area contributed by atoms with Crippen molar-refractivity contribution in [2.45, 2.75) is 220 Å². The molecular formula is C80H110ClN5O15S2. The van der Waals surface area contributed by atoms with Crippen LogP contribution in [0.15, 0.2) is 131 Å². The zero-order valence-corrected chi connectivity index (χ0v) is 64.6. The van der Waals surface area contributed by atoms with Gasteiger partial charge >= 0.3 is 18.2 Å². The second-order valence-electron chi connectivity index (χ2n) is 28.6. The van der Waals surface area contributed by atoms with Crippen LogP contribution in [0.1, 0.15) is 162 Å². The van der Waals surface area contributed by atoms with Gasteiger partial charge in [0.2, 0.25) is 10.0 Å². The number of hydrogen-bond donors (Lipinski definition) is 3. The first kappa shape index (κ1) is 87.3. The first-order valence-electron chi connectivity index (χ1n) is 34.5. The number of nitrogens with two attached hydrogens (primary N) is 1. The Bertz CT molecular complexity index is 3960. The Morgan fingerprint density at radius 2 is 0.825 bits per heavy atom. The SMILES string of the molecule is C.CC(C)(C)OC(=O)N1CCC[C@H]1C(=O)O.COc1ccc(S(=O)(=O)Cl)cc1.COc1ccc(S(=O)(=O)N2CCC[C@H]2C(=O)Cc2cc(C)cc(C)c2)cc1.Cc1cc(C)cc(CC(=O)[C@@H]2CCCN2)c1.Cc1cc(C)cc(CC(=O)[C@@H]2CCCN2C(=O)OC(C)(C)C)c1.Cc1cc(C)cc(N)c1. The topological polar surface area (TPSA) is 276 Å². The minimum Gasteiger partial charge on any atom is -0.497 e. The van der Waals surface area contributed by atoms with E-state index in [9.17, 15) is 45.6 Å². The van der Waals surface area contributed by atoms with Crippen LogP contribution in [0.3, 0.4) is 0 Å². The largest absolute Gasteiger partial charge is 0.497 e. The summed E-state index contributed by atoms with van der Waals surface area (Å²) in [5, 5.41) is 12.1. The zero-order valence-electron chi connectivity index (χ0n) is 62.2. The highest BCUT2D eigenvalue weighted by Crippen LogP contribution is 2.30. The molecule has 23 heteroatoms. The van der Waals surface area contributed by atoms with Crippen LogP contribution in [0.2, 0.25) is 0 Å². The number of halogens is 1. The third kappa shape index (κ3) is 29.1. The highest BCUT2D eigenvalue weighted by molar-refractivity contribution is 8.13. The number of sulfonamides is 1. The van der Waals surface area contributed by atoms with E-state index in [1.165, 1.54) is 82.1 Å². The predicted octanol–water partition coefficient (Wildman–Crippen LogP) is 14.9. The van der Waals surface area contributed by atoms with Gasteiger partial charge in [0.1, 0.15) is 28.7 Å². The maximum absolute atomic E-state index is 13.0. The molecule has 4 atom stereocenters. The molecule has 0 saturated carbocycles. The van der Waals surface area contributed by atoms with E-state index in [4.69, 9.17) is 40.5 Å². The molecule has 0 unspecified atom stereocenters. The molecule has 4 heterocycles. The van der Waals surface area contributed by atoms with Crippen molar-refractivity contribution in [3.63, 3.8) is 0 Å². The minimum absolute atomic E-state index is 0. The van der Waals surface area contributed by atoms with Crippen LogP contribution >= 0.6 is 10.7 Å². The number of benzene rings is 6. The Morgan fingerprint density at radius 3 is 1.17 bits per heavy atom. The summed E-state index contributed by atoms with van der Waals surface area (Å²) in [4.78, 5) is 75.4. The molecule has 4 aliphatic heterocycles. The molecule has 20 nitrogen and oxygen atoms in total. The fourth-order valence-corrected chi connectivity index (χ4v) is 15.1. The van der Waals surface area contributed by atoms with E-state index in [2.05, 4.69) is 55.6 Å². The lowest BCUT2D eigenvalue weighted by atomic mass is 9.99. The molecule has 564 valence electrons. The number of hydrogen-bond acceptors (Lipinski definition) is 16. The number of methoxy groups -OCH3 is 2. The van der Waals surface area contributed by atoms with Gasteiger partial charge in [0.05, 0.1) is 42.1 Å². The van der Waals surface area contributed by atoms with E-state index >= 15 is 0 Å². The normalized spacial score (nSPS) is 17.1. The fourth-order valence-electron chi connectivity index (χ4n) is 12.6. The van der Waals surface area contributed by atoms with Gasteiger partial charge in [0, 0.05) is 55.3 Å². The molecule has 0 radical (unpaired) electrons. The fraction of sp³-hybridized carbons (Fsp3) is 0.475. The Labute approximate surface area is 616 Å². The van der Waals surface area contributed by atoms with E-state index in [1.54, 1.807) is 37.8 Å². The lowest BCUT2D eigenvalue weighted by molar-refractivity contribution is -0.142. The maximum Gasteiger partial charge on any atom is 0.411 e. The van der Waals surface area contributed by atoms with E-state index in [0.717, 1.165) is 83.3 Å². The third-order valence-corrected chi connectivity index (χ3v) is 20.0. The monoisotopic (exact) mass is 1480 g/mol. The second kappa shape index (κ2) is 39.6. The smallest absolute Gasteiger partial charge is 0.411 e. The number of rotatable bonds is 15.